The molecule has 2 rings (SSSR count). The quantitative estimate of drug-likeness (QED) is 0.637. The highest BCUT2D eigenvalue weighted by Crippen LogP contribution is 2.16. The van der Waals surface area contributed by atoms with Crippen LogP contribution in [-0.4, -0.2) is 40.6 Å². The molecular weight excluding hydrogens is 392 g/mol. The number of rotatable bonds is 9. The van der Waals surface area contributed by atoms with Crippen molar-refractivity contribution >= 4 is 23.6 Å². The zero-order valence-corrected chi connectivity index (χ0v) is 19.6. The van der Waals surface area contributed by atoms with Gasteiger partial charge in [0.1, 0.15) is 6.04 Å². The maximum absolute atomic E-state index is 13.1. The van der Waals surface area contributed by atoms with Crippen LogP contribution in [-0.2, 0) is 21.8 Å². The van der Waals surface area contributed by atoms with Gasteiger partial charge >= 0.3 is 0 Å². The molecule has 0 spiro atoms. The van der Waals surface area contributed by atoms with Crippen molar-refractivity contribution in [3.8, 4) is 0 Å². The van der Waals surface area contributed by atoms with Crippen molar-refractivity contribution < 1.29 is 9.59 Å². The third-order valence-electron chi connectivity index (χ3n) is 4.73. The Hall–Kier alpha value is -2.27. The zero-order chi connectivity index (χ0) is 22.1. The molecule has 0 aromatic heterocycles. The minimum absolute atomic E-state index is 0.000133. The summed E-state index contributed by atoms with van der Waals surface area (Å²) in [6.45, 7) is 10.3. The van der Waals surface area contributed by atoms with Crippen molar-refractivity contribution in [2.45, 2.75) is 58.4 Å². The Morgan fingerprint density at radius 1 is 1.03 bits per heavy atom. The van der Waals surface area contributed by atoms with Gasteiger partial charge in [-0.1, -0.05) is 60.2 Å². The Morgan fingerprint density at radius 2 is 1.70 bits per heavy atom. The summed E-state index contributed by atoms with van der Waals surface area (Å²) in [6, 6.07) is 17.9. The summed E-state index contributed by atoms with van der Waals surface area (Å²) in [4.78, 5) is 27.5. The van der Waals surface area contributed by atoms with Crippen molar-refractivity contribution in [2.75, 3.05) is 12.3 Å². The summed E-state index contributed by atoms with van der Waals surface area (Å²) < 4.78 is 0. The number of amides is 2. The van der Waals surface area contributed by atoms with Crippen LogP contribution in [0.25, 0.3) is 0 Å². The van der Waals surface area contributed by atoms with Crippen LogP contribution in [0.3, 0.4) is 0 Å². The number of hydrogen-bond acceptors (Lipinski definition) is 3. The summed E-state index contributed by atoms with van der Waals surface area (Å²) in [7, 11) is 0. The van der Waals surface area contributed by atoms with E-state index in [-0.39, 0.29) is 17.4 Å². The van der Waals surface area contributed by atoms with E-state index in [4.69, 9.17) is 0 Å². The average Bonchev–Trinajstić information content (AvgIpc) is 2.67. The molecule has 0 heterocycles. The molecule has 5 heteroatoms. The Morgan fingerprint density at radius 3 is 2.33 bits per heavy atom. The molecule has 30 heavy (non-hydrogen) atoms. The lowest BCUT2D eigenvalue weighted by Gasteiger charge is -2.31. The molecule has 4 nitrogen and oxygen atoms in total. The monoisotopic (exact) mass is 426 g/mol. The molecule has 0 unspecified atom stereocenters. The Balaban J connectivity index is 2.02. The van der Waals surface area contributed by atoms with Gasteiger partial charge in [-0.2, -0.15) is 0 Å². The molecule has 1 N–H and O–H groups in total. The van der Waals surface area contributed by atoms with Crippen molar-refractivity contribution in [2.24, 2.45) is 0 Å². The van der Waals surface area contributed by atoms with Crippen LogP contribution < -0.4 is 5.32 Å². The van der Waals surface area contributed by atoms with E-state index in [1.165, 1.54) is 11.1 Å². The number of carbonyl (C=O) groups is 2. The molecule has 162 valence electrons. The van der Waals surface area contributed by atoms with Crippen molar-refractivity contribution in [1.82, 2.24) is 10.2 Å². The van der Waals surface area contributed by atoms with Gasteiger partial charge in [-0.15, -0.1) is 11.8 Å². The molecule has 2 amide bonds. The Bertz CT molecular complexity index is 831. The van der Waals surface area contributed by atoms with Crippen LogP contribution >= 0.6 is 11.8 Å². The lowest BCUT2D eigenvalue weighted by molar-refractivity contribution is -0.138. The first-order valence-corrected chi connectivity index (χ1v) is 11.6. The highest BCUT2D eigenvalue weighted by Gasteiger charge is 2.27. The highest BCUT2D eigenvalue weighted by molar-refractivity contribution is 7.99. The van der Waals surface area contributed by atoms with Gasteiger partial charge in [-0.3, -0.25) is 9.59 Å². The third kappa shape index (κ3) is 8.23. The molecular formula is C25H34N2O2S. The minimum atomic E-state index is -0.514. The molecule has 0 aliphatic heterocycles. The van der Waals surface area contributed by atoms with Crippen LogP contribution in [0.15, 0.2) is 54.6 Å². The number of hydrogen-bond donors (Lipinski definition) is 1. The topological polar surface area (TPSA) is 49.4 Å². The highest BCUT2D eigenvalue weighted by atomic mass is 32.2. The Labute approximate surface area is 185 Å². The molecule has 0 saturated carbocycles. The van der Waals surface area contributed by atoms with Gasteiger partial charge in [0, 0.05) is 17.8 Å². The Kier molecular flexibility index (Phi) is 8.97. The van der Waals surface area contributed by atoms with E-state index >= 15 is 0 Å². The number of carbonyl (C=O) groups excluding carboxylic acids is 2. The van der Waals surface area contributed by atoms with E-state index in [9.17, 15) is 9.59 Å². The van der Waals surface area contributed by atoms with Crippen molar-refractivity contribution in [3.63, 3.8) is 0 Å². The summed E-state index contributed by atoms with van der Waals surface area (Å²) in [5, 5.41) is 3.00. The second kappa shape index (κ2) is 11.2. The third-order valence-corrected chi connectivity index (χ3v) is 5.71. The van der Waals surface area contributed by atoms with Gasteiger partial charge in [0.15, 0.2) is 0 Å². The van der Waals surface area contributed by atoms with Gasteiger partial charge in [-0.05, 0) is 52.2 Å². The first-order chi connectivity index (χ1) is 14.2. The van der Waals surface area contributed by atoms with Gasteiger partial charge < -0.3 is 10.2 Å². The standard InChI is InChI=1S/C25H34N2O2S/c1-19-10-9-13-22(16-19)17-30-18-23(28)27(15-14-21-11-7-6-8-12-21)20(2)24(29)26-25(3,4)5/h6-13,16,20H,14-15,17-18H2,1-5H3,(H,26,29)/t20-/m1/s1. The molecule has 0 saturated heterocycles. The van der Waals surface area contributed by atoms with Gasteiger partial charge in [0.2, 0.25) is 11.8 Å². The lowest BCUT2D eigenvalue weighted by atomic mass is 10.1. The fourth-order valence-electron chi connectivity index (χ4n) is 3.19. The summed E-state index contributed by atoms with van der Waals surface area (Å²) in [5.41, 5.74) is 3.25. The molecule has 0 aliphatic rings. The van der Waals surface area contributed by atoms with E-state index < -0.39 is 6.04 Å². The van der Waals surface area contributed by atoms with Gasteiger partial charge in [0.25, 0.3) is 0 Å². The number of thioether (sulfide) groups is 1. The molecule has 0 aliphatic carbocycles. The largest absolute Gasteiger partial charge is 0.350 e. The van der Waals surface area contributed by atoms with Crippen LogP contribution in [0, 0.1) is 6.92 Å². The van der Waals surface area contributed by atoms with Crippen molar-refractivity contribution in [3.05, 3.63) is 71.3 Å². The van der Waals surface area contributed by atoms with E-state index in [2.05, 4.69) is 42.6 Å². The predicted octanol–water partition coefficient (Wildman–Crippen LogP) is 4.60. The number of nitrogens with one attached hydrogen (secondary N) is 1. The van der Waals surface area contributed by atoms with Crippen LogP contribution in [0.5, 0.6) is 0 Å². The normalized spacial score (nSPS) is 12.3. The molecule has 2 aromatic rings. The van der Waals surface area contributed by atoms with Crippen molar-refractivity contribution in [1.29, 1.82) is 0 Å². The molecule has 2 aromatic carbocycles. The predicted molar refractivity (Wildman–Crippen MR) is 127 cm³/mol. The fourth-order valence-corrected chi connectivity index (χ4v) is 4.04. The first-order valence-electron chi connectivity index (χ1n) is 10.4. The smallest absolute Gasteiger partial charge is 0.242 e. The van der Waals surface area contributed by atoms with Gasteiger partial charge in [0.05, 0.1) is 5.75 Å². The SMILES string of the molecule is Cc1cccc(CSCC(=O)N(CCc2ccccc2)[C@H](C)C(=O)NC(C)(C)C)c1. The summed E-state index contributed by atoms with van der Waals surface area (Å²) >= 11 is 1.59. The number of benzene rings is 2. The maximum atomic E-state index is 13.1. The van der Waals surface area contributed by atoms with Gasteiger partial charge in [-0.25, -0.2) is 0 Å². The fraction of sp³-hybridized carbons (Fsp3) is 0.440. The van der Waals surface area contributed by atoms with E-state index in [1.807, 2.05) is 52.0 Å². The first kappa shape index (κ1) is 24.0. The number of aryl methyl sites for hydroxylation is 1. The average molecular weight is 427 g/mol. The number of nitrogens with zero attached hydrogens (tertiary/aromatic N) is 1. The lowest BCUT2D eigenvalue weighted by Crippen LogP contribution is -2.53. The minimum Gasteiger partial charge on any atom is -0.350 e. The second-order valence-electron chi connectivity index (χ2n) is 8.72. The zero-order valence-electron chi connectivity index (χ0n) is 18.8. The van der Waals surface area contributed by atoms with Crippen LogP contribution in [0.2, 0.25) is 0 Å². The molecule has 0 bridgehead atoms. The molecule has 0 radical (unpaired) electrons. The summed E-state index contributed by atoms with van der Waals surface area (Å²) in [6.07, 6.45) is 0.724. The van der Waals surface area contributed by atoms with E-state index in [0.29, 0.717) is 12.3 Å². The maximum Gasteiger partial charge on any atom is 0.242 e. The summed E-state index contributed by atoms with van der Waals surface area (Å²) in [5.74, 6) is 1.02. The molecule has 1 atom stereocenters. The van der Waals surface area contributed by atoms with E-state index in [1.54, 1.807) is 16.7 Å². The molecule has 0 fully saturated rings. The van der Waals surface area contributed by atoms with E-state index in [0.717, 1.165) is 17.7 Å². The van der Waals surface area contributed by atoms with Crippen LogP contribution in [0.1, 0.15) is 44.4 Å². The van der Waals surface area contributed by atoms with Crippen LogP contribution in [0.4, 0.5) is 0 Å². The second-order valence-corrected chi connectivity index (χ2v) is 9.71.